The van der Waals surface area contributed by atoms with E-state index in [1.54, 1.807) is 38.5 Å². The highest BCUT2D eigenvalue weighted by Crippen LogP contribution is 2.25. The minimum atomic E-state index is -0.637. The third-order valence-electron chi connectivity index (χ3n) is 4.36. The van der Waals surface area contributed by atoms with Crippen LogP contribution >= 0.6 is 0 Å². The van der Waals surface area contributed by atoms with E-state index < -0.39 is 12.1 Å². The number of hydrogen-bond donors (Lipinski definition) is 3. The molecular formula is C19H21N3O4. The fraction of sp³-hybridized carbons (Fsp3) is 0.263. The summed E-state index contributed by atoms with van der Waals surface area (Å²) >= 11 is 0. The lowest BCUT2D eigenvalue weighted by atomic mass is 9.94. The maximum atomic E-state index is 12.3. The Labute approximate surface area is 151 Å². The molecule has 3 amide bonds. The molecule has 26 heavy (non-hydrogen) atoms. The lowest BCUT2D eigenvalue weighted by Gasteiger charge is -2.19. The topological polar surface area (TPSA) is 88.7 Å². The summed E-state index contributed by atoms with van der Waals surface area (Å²) < 4.78 is 10.2. The molecule has 0 bridgehead atoms. The third kappa shape index (κ3) is 3.88. The van der Waals surface area contributed by atoms with E-state index >= 15 is 0 Å². The van der Waals surface area contributed by atoms with E-state index in [0.717, 1.165) is 11.3 Å². The molecule has 0 aliphatic carbocycles. The van der Waals surface area contributed by atoms with Crippen LogP contribution in [0.4, 0.5) is 10.5 Å². The SMILES string of the molecule is COc1ccc(NC(=O)N[C@H]2C(=O)NCC2c2ccc(OC)cc2)cc1. The van der Waals surface area contributed by atoms with E-state index in [4.69, 9.17) is 9.47 Å². The fourth-order valence-corrected chi connectivity index (χ4v) is 2.93. The van der Waals surface area contributed by atoms with E-state index in [1.807, 2.05) is 24.3 Å². The maximum Gasteiger partial charge on any atom is 0.319 e. The molecule has 2 atom stereocenters. The number of hydrogen-bond acceptors (Lipinski definition) is 4. The number of carbonyl (C=O) groups is 2. The smallest absolute Gasteiger partial charge is 0.319 e. The number of amides is 3. The summed E-state index contributed by atoms with van der Waals surface area (Å²) in [7, 11) is 3.18. The van der Waals surface area contributed by atoms with Crippen LogP contribution < -0.4 is 25.4 Å². The number of benzene rings is 2. The molecule has 3 N–H and O–H groups in total. The zero-order valence-corrected chi connectivity index (χ0v) is 14.6. The maximum absolute atomic E-state index is 12.3. The van der Waals surface area contributed by atoms with E-state index in [-0.39, 0.29) is 11.8 Å². The van der Waals surface area contributed by atoms with Crippen molar-refractivity contribution in [3.05, 3.63) is 54.1 Å². The van der Waals surface area contributed by atoms with Gasteiger partial charge in [-0.15, -0.1) is 0 Å². The van der Waals surface area contributed by atoms with Gasteiger partial charge in [-0.05, 0) is 42.0 Å². The van der Waals surface area contributed by atoms with E-state index in [9.17, 15) is 9.59 Å². The quantitative estimate of drug-likeness (QED) is 0.766. The first kappa shape index (κ1) is 17.6. The monoisotopic (exact) mass is 355 g/mol. The minimum Gasteiger partial charge on any atom is -0.497 e. The first-order valence-corrected chi connectivity index (χ1v) is 8.24. The van der Waals surface area contributed by atoms with Gasteiger partial charge >= 0.3 is 6.03 Å². The Kier molecular flexibility index (Phi) is 5.26. The lowest BCUT2D eigenvalue weighted by molar-refractivity contribution is -0.120. The van der Waals surface area contributed by atoms with Crippen molar-refractivity contribution >= 4 is 17.6 Å². The van der Waals surface area contributed by atoms with Gasteiger partial charge in [0.05, 0.1) is 14.2 Å². The molecule has 136 valence electrons. The van der Waals surface area contributed by atoms with Crippen LogP contribution in [0.5, 0.6) is 11.5 Å². The van der Waals surface area contributed by atoms with Crippen molar-refractivity contribution in [3.8, 4) is 11.5 Å². The van der Waals surface area contributed by atoms with E-state index in [0.29, 0.717) is 18.0 Å². The van der Waals surface area contributed by atoms with Crippen LogP contribution in [0.25, 0.3) is 0 Å². The summed E-state index contributed by atoms with van der Waals surface area (Å²) in [6.07, 6.45) is 0. The van der Waals surface area contributed by atoms with Gasteiger partial charge in [0.2, 0.25) is 5.91 Å². The van der Waals surface area contributed by atoms with Gasteiger partial charge in [-0.1, -0.05) is 12.1 Å². The first-order chi connectivity index (χ1) is 12.6. The Balaban J connectivity index is 1.66. The molecule has 7 nitrogen and oxygen atoms in total. The highest BCUT2D eigenvalue weighted by atomic mass is 16.5. The normalized spacial score (nSPS) is 18.8. The van der Waals surface area contributed by atoms with Crippen molar-refractivity contribution in [1.29, 1.82) is 0 Å². The largest absolute Gasteiger partial charge is 0.497 e. The molecule has 1 aliphatic heterocycles. The van der Waals surface area contributed by atoms with Gasteiger partial charge in [-0.2, -0.15) is 0 Å². The number of carbonyl (C=O) groups excluding carboxylic acids is 2. The second-order valence-corrected chi connectivity index (χ2v) is 5.93. The van der Waals surface area contributed by atoms with Gasteiger partial charge in [0, 0.05) is 18.2 Å². The Bertz CT molecular complexity index is 774. The number of nitrogens with one attached hydrogen (secondary N) is 3. The summed E-state index contributed by atoms with van der Waals surface area (Å²) in [5, 5.41) is 8.29. The standard InChI is InChI=1S/C19H21N3O4/c1-25-14-7-3-12(4-8-14)16-11-20-18(23)17(16)22-19(24)21-13-5-9-15(26-2)10-6-13/h3-10,16-17H,11H2,1-2H3,(H,20,23)(H2,21,22,24)/t16?,17-/m1/s1. The molecule has 0 aromatic heterocycles. The Hall–Kier alpha value is -3.22. The summed E-state index contributed by atoms with van der Waals surface area (Å²) in [5.41, 5.74) is 1.57. The van der Waals surface area contributed by atoms with Crippen molar-refractivity contribution in [2.45, 2.75) is 12.0 Å². The molecule has 0 radical (unpaired) electrons. The van der Waals surface area contributed by atoms with Gasteiger partial charge in [0.25, 0.3) is 0 Å². The van der Waals surface area contributed by atoms with Crippen LogP contribution in [0, 0.1) is 0 Å². The zero-order chi connectivity index (χ0) is 18.5. The van der Waals surface area contributed by atoms with Crippen LogP contribution in [0.15, 0.2) is 48.5 Å². The van der Waals surface area contributed by atoms with Crippen molar-refractivity contribution in [1.82, 2.24) is 10.6 Å². The van der Waals surface area contributed by atoms with Crippen LogP contribution in [0.2, 0.25) is 0 Å². The van der Waals surface area contributed by atoms with E-state index in [2.05, 4.69) is 16.0 Å². The average molecular weight is 355 g/mol. The summed E-state index contributed by atoms with van der Waals surface area (Å²) in [4.78, 5) is 24.5. The molecule has 2 aromatic rings. The molecule has 3 rings (SSSR count). The molecule has 2 aromatic carbocycles. The van der Waals surface area contributed by atoms with Crippen LogP contribution in [0.3, 0.4) is 0 Å². The molecular weight excluding hydrogens is 334 g/mol. The number of urea groups is 1. The number of anilines is 1. The Morgan fingerprint density at radius 1 is 1.00 bits per heavy atom. The van der Waals surface area contributed by atoms with Crippen LogP contribution in [-0.4, -0.2) is 38.7 Å². The second kappa shape index (κ2) is 7.77. The molecule has 7 heteroatoms. The van der Waals surface area contributed by atoms with Crippen molar-refractivity contribution in [2.75, 3.05) is 26.1 Å². The molecule has 1 unspecified atom stereocenters. The molecule has 1 aliphatic rings. The molecule has 0 saturated carbocycles. The van der Waals surface area contributed by atoms with Crippen LogP contribution in [-0.2, 0) is 4.79 Å². The summed E-state index contributed by atoms with van der Waals surface area (Å²) in [6, 6.07) is 13.4. The van der Waals surface area contributed by atoms with Gasteiger partial charge in [0.1, 0.15) is 17.5 Å². The number of methoxy groups -OCH3 is 2. The molecule has 0 spiro atoms. The average Bonchev–Trinajstić information content (AvgIpc) is 3.03. The van der Waals surface area contributed by atoms with Crippen molar-refractivity contribution in [3.63, 3.8) is 0 Å². The van der Waals surface area contributed by atoms with Crippen molar-refractivity contribution < 1.29 is 19.1 Å². The fourth-order valence-electron chi connectivity index (χ4n) is 2.93. The molecule has 1 heterocycles. The van der Waals surface area contributed by atoms with Gasteiger partial charge in [-0.3, -0.25) is 4.79 Å². The van der Waals surface area contributed by atoms with Crippen molar-refractivity contribution in [2.24, 2.45) is 0 Å². The summed E-state index contributed by atoms with van der Waals surface area (Å²) in [5.74, 6) is 1.10. The molecule has 1 fully saturated rings. The molecule has 1 saturated heterocycles. The zero-order valence-electron chi connectivity index (χ0n) is 14.6. The highest BCUT2D eigenvalue weighted by molar-refractivity contribution is 5.95. The van der Waals surface area contributed by atoms with Crippen LogP contribution in [0.1, 0.15) is 11.5 Å². The lowest BCUT2D eigenvalue weighted by Crippen LogP contribution is -2.44. The second-order valence-electron chi connectivity index (χ2n) is 5.93. The predicted molar refractivity (Wildman–Crippen MR) is 97.7 cm³/mol. The minimum absolute atomic E-state index is 0.143. The number of ether oxygens (including phenoxy) is 2. The van der Waals surface area contributed by atoms with Gasteiger partial charge in [-0.25, -0.2) is 4.79 Å². The Morgan fingerprint density at radius 2 is 1.58 bits per heavy atom. The van der Waals surface area contributed by atoms with Gasteiger partial charge < -0.3 is 25.4 Å². The predicted octanol–water partition coefficient (Wildman–Crippen LogP) is 2.11. The summed E-state index contributed by atoms with van der Waals surface area (Å²) in [6.45, 7) is 0.471. The van der Waals surface area contributed by atoms with E-state index in [1.165, 1.54) is 0 Å². The van der Waals surface area contributed by atoms with Gasteiger partial charge in [0.15, 0.2) is 0 Å². The highest BCUT2D eigenvalue weighted by Gasteiger charge is 2.36. The Morgan fingerprint density at radius 3 is 2.15 bits per heavy atom. The third-order valence-corrected chi connectivity index (χ3v) is 4.36. The number of rotatable bonds is 5. The first-order valence-electron chi connectivity index (χ1n) is 8.24.